The van der Waals surface area contributed by atoms with Gasteiger partial charge in [-0.1, -0.05) is 20.8 Å². The van der Waals surface area contributed by atoms with Gasteiger partial charge in [-0.25, -0.2) is 0 Å². The van der Waals surface area contributed by atoms with Gasteiger partial charge in [-0.15, -0.1) is 0 Å². The van der Waals surface area contributed by atoms with Crippen molar-refractivity contribution >= 4 is 5.97 Å². The van der Waals surface area contributed by atoms with Gasteiger partial charge in [0.2, 0.25) is 0 Å². The van der Waals surface area contributed by atoms with Crippen LogP contribution in [0.25, 0.3) is 0 Å². The molecule has 1 saturated heterocycles. The zero-order valence-corrected chi connectivity index (χ0v) is 14.0. The van der Waals surface area contributed by atoms with E-state index in [0.29, 0.717) is 17.9 Å². The van der Waals surface area contributed by atoms with Crippen molar-refractivity contribution in [2.24, 2.45) is 17.1 Å². The average molecular weight is 284 g/mol. The van der Waals surface area contributed by atoms with Crippen molar-refractivity contribution in [3.05, 3.63) is 0 Å². The van der Waals surface area contributed by atoms with Crippen LogP contribution in [0.3, 0.4) is 0 Å². The molecule has 2 atom stereocenters. The third kappa shape index (κ3) is 7.25. The summed E-state index contributed by atoms with van der Waals surface area (Å²) >= 11 is 0. The number of rotatable bonds is 3. The summed E-state index contributed by atoms with van der Waals surface area (Å²) < 4.78 is 5.39. The summed E-state index contributed by atoms with van der Waals surface area (Å²) in [6.07, 6.45) is 2.20. The molecule has 0 amide bonds. The molecule has 0 aromatic carbocycles. The molecule has 0 aromatic rings. The second-order valence-corrected chi connectivity index (χ2v) is 8.41. The minimum absolute atomic E-state index is 0.152. The lowest BCUT2D eigenvalue weighted by atomic mass is 9.80. The topological polar surface area (TPSA) is 55.6 Å². The van der Waals surface area contributed by atoms with Gasteiger partial charge in [-0.05, 0) is 44.9 Å². The summed E-state index contributed by atoms with van der Waals surface area (Å²) in [5, 5.41) is 0. The number of hydrogen-bond donors (Lipinski definition) is 1. The molecule has 1 aliphatic heterocycles. The van der Waals surface area contributed by atoms with E-state index in [-0.39, 0.29) is 12.0 Å². The molecule has 0 aliphatic carbocycles. The average Bonchev–Trinajstić information content (AvgIpc) is 2.08. The maximum Gasteiger partial charge on any atom is 0.320 e. The molecule has 1 rings (SSSR count). The first-order chi connectivity index (χ1) is 8.94. The first-order valence-corrected chi connectivity index (χ1v) is 7.64. The largest absolute Gasteiger partial charge is 0.459 e. The van der Waals surface area contributed by atoms with Crippen LogP contribution in [0.2, 0.25) is 0 Å². The van der Waals surface area contributed by atoms with Gasteiger partial charge in [0.15, 0.2) is 0 Å². The highest BCUT2D eigenvalue weighted by Gasteiger charge is 2.30. The number of ether oxygens (including phenoxy) is 1. The van der Waals surface area contributed by atoms with Crippen LogP contribution < -0.4 is 5.73 Å². The molecular weight excluding hydrogens is 252 g/mol. The smallest absolute Gasteiger partial charge is 0.320 e. The van der Waals surface area contributed by atoms with Crippen molar-refractivity contribution in [2.75, 3.05) is 19.6 Å². The number of hydrogen-bond acceptors (Lipinski definition) is 4. The quantitative estimate of drug-likeness (QED) is 0.809. The number of nitrogens with zero attached hydrogens (tertiary/aromatic N) is 1. The van der Waals surface area contributed by atoms with E-state index in [1.165, 1.54) is 0 Å². The predicted molar refractivity (Wildman–Crippen MR) is 82.4 cm³/mol. The zero-order valence-electron chi connectivity index (χ0n) is 14.0. The Morgan fingerprint density at radius 2 is 1.80 bits per heavy atom. The standard InChI is InChI=1S/C16H32N2O2/c1-15(2,3)8-12-7-13(17)10-18(9-12)11-14(19)20-16(4,5)6/h12-13H,7-11,17H2,1-6H3. The number of carbonyl (C=O) groups is 1. The molecule has 4 nitrogen and oxygen atoms in total. The first kappa shape index (κ1) is 17.4. The fourth-order valence-corrected chi connectivity index (χ4v) is 3.05. The molecule has 0 bridgehead atoms. The van der Waals surface area contributed by atoms with Gasteiger partial charge in [-0.3, -0.25) is 9.69 Å². The van der Waals surface area contributed by atoms with Crippen LogP contribution in [-0.2, 0) is 9.53 Å². The highest BCUT2D eigenvalue weighted by molar-refractivity contribution is 5.72. The fourth-order valence-electron chi connectivity index (χ4n) is 3.05. The summed E-state index contributed by atoms with van der Waals surface area (Å²) in [4.78, 5) is 14.1. The van der Waals surface area contributed by atoms with Gasteiger partial charge in [0.05, 0.1) is 6.54 Å². The summed E-state index contributed by atoms with van der Waals surface area (Å²) in [6.45, 7) is 14.6. The third-order valence-corrected chi connectivity index (χ3v) is 3.32. The number of likely N-dealkylation sites (tertiary alicyclic amines) is 1. The summed E-state index contributed by atoms with van der Waals surface area (Å²) in [7, 11) is 0. The number of esters is 1. The van der Waals surface area contributed by atoms with Crippen LogP contribution >= 0.6 is 0 Å². The summed E-state index contributed by atoms with van der Waals surface area (Å²) in [6, 6.07) is 0.165. The lowest BCUT2D eigenvalue weighted by Gasteiger charge is -2.38. The van der Waals surface area contributed by atoms with Crippen molar-refractivity contribution in [1.82, 2.24) is 4.90 Å². The molecule has 0 radical (unpaired) electrons. The van der Waals surface area contributed by atoms with Crippen molar-refractivity contribution in [3.63, 3.8) is 0 Å². The van der Waals surface area contributed by atoms with E-state index in [9.17, 15) is 4.79 Å². The Morgan fingerprint density at radius 3 is 2.30 bits per heavy atom. The van der Waals surface area contributed by atoms with Gasteiger partial charge < -0.3 is 10.5 Å². The molecule has 2 N–H and O–H groups in total. The van der Waals surface area contributed by atoms with Crippen LogP contribution in [0.5, 0.6) is 0 Å². The highest BCUT2D eigenvalue weighted by Crippen LogP contribution is 2.29. The Labute approximate surface area is 124 Å². The van der Waals surface area contributed by atoms with E-state index in [1.807, 2.05) is 20.8 Å². The van der Waals surface area contributed by atoms with Crippen LogP contribution in [0, 0.1) is 11.3 Å². The van der Waals surface area contributed by atoms with Crippen LogP contribution in [0.4, 0.5) is 0 Å². The van der Waals surface area contributed by atoms with Crippen LogP contribution in [-0.4, -0.2) is 42.1 Å². The van der Waals surface area contributed by atoms with Crippen molar-refractivity contribution in [2.45, 2.75) is 66.0 Å². The monoisotopic (exact) mass is 284 g/mol. The van der Waals surface area contributed by atoms with Crippen molar-refractivity contribution in [1.29, 1.82) is 0 Å². The molecule has 1 aliphatic rings. The Morgan fingerprint density at radius 1 is 1.20 bits per heavy atom. The predicted octanol–water partition coefficient (Wildman–Crippen LogP) is 2.41. The highest BCUT2D eigenvalue weighted by atomic mass is 16.6. The molecule has 0 spiro atoms. The van der Waals surface area contributed by atoms with E-state index >= 15 is 0 Å². The zero-order chi connectivity index (χ0) is 15.6. The molecule has 0 aromatic heterocycles. The maximum absolute atomic E-state index is 11.9. The second kappa shape index (κ2) is 6.44. The molecule has 4 heteroatoms. The number of piperidine rings is 1. The van der Waals surface area contributed by atoms with Crippen LogP contribution in [0.15, 0.2) is 0 Å². The van der Waals surface area contributed by atoms with Crippen LogP contribution in [0.1, 0.15) is 54.4 Å². The summed E-state index contributed by atoms with van der Waals surface area (Å²) in [5.74, 6) is 0.419. The van der Waals surface area contributed by atoms with Gasteiger partial charge in [-0.2, -0.15) is 0 Å². The molecular formula is C16H32N2O2. The second-order valence-electron chi connectivity index (χ2n) is 8.41. The minimum Gasteiger partial charge on any atom is -0.459 e. The SMILES string of the molecule is CC(C)(C)CC1CC(N)CN(CC(=O)OC(C)(C)C)C1. The van der Waals surface area contributed by atoms with E-state index in [4.69, 9.17) is 10.5 Å². The summed E-state index contributed by atoms with van der Waals surface area (Å²) in [5.41, 5.74) is 6.03. The lowest BCUT2D eigenvalue weighted by Crippen LogP contribution is -2.49. The lowest BCUT2D eigenvalue weighted by molar-refractivity contribution is -0.156. The molecule has 1 heterocycles. The Hall–Kier alpha value is -0.610. The fraction of sp³-hybridized carbons (Fsp3) is 0.938. The van der Waals surface area contributed by atoms with Gasteiger partial charge in [0, 0.05) is 19.1 Å². The minimum atomic E-state index is -0.417. The Bertz CT molecular complexity index is 328. The number of carbonyl (C=O) groups excluding carboxylic acids is 1. The molecule has 1 fully saturated rings. The van der Waals surface area contributed by atoms with Gasteiger partial charge in [0.1, 0.15) is 5.60 Å². The number of nitrogens with two attached hydrogens (primary N) is 1. The van der Waals surface area contributed by atoms with E-state index in [2.05, 4.69) is 25.7 Å². The van der Waals surface area contributed by atoms with E-state index in [0.717, 1.165) is 25.9 Å². The van der Waals surface area contributed by atoms with E-state index < -0.39 is 5.60 Å². The Balaban J connectivity index is 2.51. The molecule has 118 valence electrons. The normalized spacial score (nSPS) is 25.6. The molecule has 2 unspecified atom stereocenters. The first-order valence-electron chi connectivity index (χ1n) is 7.64. The van der Waals surface area contributed by atoms with Crippen molar-refractivity contribution < 1.29 is 9.53 Å². The maximum atomic E-state index is 11.9. The third-order valence-electron chi connectivity index (χ3n) is 3.32. The van der Waals surface area contributed by atoms with Crippen molar-refractivity contribution in [3.8, 4) is 0 Å². The Kier molecular flexibility index (Phi) is 5.61. The van der Waals surface area contributed by atoms with Gasteiger partial charge >= 0.3 is 5.97 Å². The van der Waals surface area contributed by atoms with Gasteiger partial charge in [0.25, 0.3) is 0 Å². The molecule has 20 heavy (non-hydrogen) atoms. The molecule has 0 saturated carbocycles. The van der Waals surface area contributed by atoms with E-state index in [1.54, 1.807) is 0 Å².